The van der Waals surface area contributed by atoms with Crippen LogP contribution in [-0.2, 0) is 0 Å². The van der Waals surface area contributed by atoms with Crippen molar-refractivity contribution in [3.05, 3.63) is 63.6 Å². The molecule has 0 bridgehead atoms. The minimum Gasteiger partial charge on any atom is -0.485 e. The number of benzene rings is 2. The molecule has 0 saturated carbocycles. The van der Waals surface area contributed by atoms with Gasteiger partial charge in [0.25, 0.3) is 0 Å². The third-order valence-electron chi connectivity index (χ3n) is 3.35. The van der Waals surface area contributed by atoms with E-state index in [9.17, 15) is 13.9 Å². The molecule has 2 atom stereocenters. The highest BCUT2D eigenvalue weighted by Crippen LogP contribution is 2.42. The molecular weight excluding hydrogens is 330 g/mol. The minimum absolute atomic E-state index is 0.120. The Hall–Kier alpha value is -1.46. The molecule has 5 heteroatoms. The molecule has 0 spiro atoms. The van der Waals surface area contributed by atoms with Gasteiger partial charge in [-0.15, -0.1) is 0 Å². The Bertz CT molecular complexity index is 660. The Labute approximate surface area is 123 Å². The van der Waals surface area contributed by atoms with Crippen LogP contribution in [0.5, 0.6) is 5.75 Å². The second kappa shape index (κ2) is 5.14. The first-order chi connectivity index (χ1) is 9.54. The van der Waals surface area contributed by atoms with Crippen molar-refractivity contribution in [3.63, 3.8) is 0 Å². The van der Waals surface area contributed by atoms with Gasteiger partial charge in [-0.3, -0.25) is 0 Å². The van der Waals surface area contributed by atoms with E-state index in [0.717, 1.165) is 22.7 Å². The monoisotopic (exact) mass is 340 g/mol. The second-order valence-corrected chi connectivity index (χ2v) is 5.62. The van der Waals surface area contributed by atoms with Gasteiger partial charge in [0.1, 0.15) is 23.5 Å². The van der Waals surface area contributed by atoms with E-state index < -0.39 is 23.8 Å². The van der Waals surface area contributed by atoms with Crippen molar-refractivity contribution in [1.29, 1.82) is 0 Å². The number of halogens is 3. The Balaban J connectivity index is 2.00. The van der Waals surface area contributed by atoms with Gasteiger partial charge in [-0.05, 0) is 30.3 Å². The van der Waals surface area contributed by atoms with Gasteiger partial charge in [0.2, 0.25) is 0 Å². The highest BCUT2D eigenvalue weighted by atomic mass is 79.9. The molecule has 1 N–H and O–H groups in total. The maximum absolute atomic E-state index is 13.8. The summed E-state index contributed by atoms with van der Waals surface area (Å²) in [6.45, 7) is 0. The summed E-state index contributed by atoms with van der Waals surface area (Å²) in [6, 6.07) is 8.49. The van der Waals surface area contributed by atoms with Gasteiger partial charge in [0.05, 0.1) is 6.10 Å². The smallest absolute Gasteiger partial charge is 0.130 e. The highest BCUT2D eigenvalue weighted by Gasteiger charge is 2.30. The van der Waals surface area contributed by atoms with Crippen molar-refractivity contribution in [2.45, 2.75) is 18.6 Å². The molecule has 1 aliphatic heterocycles. The summed E-state index contributed by atoms with van der Waals surface area (Å²) >= 11 is 3.32. The van der Waals surface area contributed by atoms with Gasteiger partial charge < -0.3 is 9.84 Å². The molecule has 104 valence electrons. The molecule has 1 unspecified atom stereocenters. The van der Waals surface area contributed by atoms with Crippen LogP contribution >= 0.6 is 15.9 Å². The lowest BCUT2D eigenvalue weighted by Gasteiger charge is -2.30. The average Bonchev–Trinajstić information content (AvgIpc) is 2.41. The maximum atomic E-state index is 13.8. The van der Waals surface area contributed by atoms with Crippen LogP contribution in [0, 0.1) is 11.6 Å². The Morgan fingerprint density at radius 2 is 1.90 bits per heavy atom. The predicted octanol–water partition coefficient (Wildman–Crippen LogP) is 4.28. The quantitative estimate of drug-likeness (QED) is 0.839. The topological polar surface area (TPSA) is 29.5 Å². The molecule has 0 amide bonds. The van der Waals surface area contributed by atoms with Crippen LogP contribution in [0.1, 0.15) is 29.8 Å². The van der Waals surface area contributed by atoms with Crippen LogP contribution in [0.2, 0.25) is 0 Å². The molecule has 2 nitrogen and oxygen atoms in total. The molecule has 2 aromatic carbocycles. The first-order valence-corrected chi connectivity index (χ1v) is 6.93. The Kier molecular flexibility index (Phi) is 3.48. The zero-order valence-corrected chi connectivity index (χ0v) is 11.9. The summed E-state index contributed by atoms with van der Waals surface area (Å²) in [5.74, 6) is -0.589. The first-order valence-electron chi connectivity index (χ1n) is 6.13. The average molecular weight is 341 g/mol. The van der Waals surface area contributed by atoms with Crippen LogP contribution in [-0.4, -0.2) is 5.11 Å². The number of ether oxygens (including phenoxy) is 1. The molecular formula is C15H11BrF2O2. The second-order valence-electron chi connectivity index (χ2n) is 4.71. The first kappa shape index (κ1) is 13.5. The molecule has 0 saturated heterocycles. The van der Waals surface area contributed by atoms with Crippen molar-refractivity contribution in [3.8, 4) is 5.75 Å². The highest BCUT2D eigenvalue weighted by molar-refractivity contribution is 9.10. The fraction of sp³-hybridized carbons (Fsp3) is 0.200. The third kappa shape index (κ3) is 2.43. The number of hydrogen-bond donors (Lipinski definition) is 1. The SMILES string of the molecule is O[C@H]1CC(c2cc(F)ccc2F)Oc2cc(Br)ccc21. The van der Waals surface area contributed by atoms with Gasteiger partial charge in [0, 0.05) is 22.0 Å². The van der Waals surface area contributed by atoms with Gasteiger partial charge in [-0.1, -0.05) is 22.0 Å². The van der Waals surface area contributed by atoms with Crippen LogP contribution in [0.4, 0.5) is 8.78 Å². The number of fused-ring (bicyclic) bond motifs is 1. The number of hydrogen-bond acceptors (Lipinski definition) is 2. The molecule has 2 aromatic rings. The standard InChI is InChI=1S/C15H11BrF2O2/c16-8-1-3-10-13(19)7-15(20-14(10)5-8)11-6-9(17)2-4-12(11)18/h1-6,13,15,19H,7H2/t13-,15?/m0/s1. The molecule has 0 fully saturated rings. The molecule has 0 radical (unpaired) electrons. The molecule has 20 heavy (non-hydrogen) atoms. The summed E-state index contributed by atoms with van der Waals surface area (Å²) in [7, 11) is 0. The van der Waals surface area contributed by atoms with E-state index in [4.69, 9.17) is 4.74 Å². The maximum Gasteiger partial charge on any atom is 0.130 e. The zero-order valence-electron chi connectivity index (χ0n) is 10.3. The van der Waals surface area contributed by atoms with Gasteiger partial charge in [-0.25, -0.2) is 8.78 Å². The number of aliphatic hydroxyl groups is 1. The van der Waals surface area contributed by atoms with Crippen LogP contribution in [0.3, 0.4) is 0 Å². The van der Waals surface area contributed by atoms with E-state index in [2.05, 4.69) is 15.9 Å². The summed E-state index contributed by atoms with van der Waals surface area (Å²) in [5, 5.41) is 10.1. The van der Waals surface area contributed by atoms with E-state index in [1.54, 1.807) is 18.2 Å². The Morgan fingerprint density at radius 3 is 2.70 bits per heavy atom. The molecule has 3 rings (SSSR count). The van der Waals surface area contributed by atoms with Crippen LogP contribution in [0.25, 0.3) is 0 Å². The molecule has 1 heterocycles. The lowest BCUT2D eigenvalue weighted by atomic mass is 9.95. The van der Waals surface area contributed by atoms with Crippen molar-refractivity contribution < 1.29 is 18.6 Å². The summed E-state index contributed by atoms with van der Waals surface area (Å²) in [5.41, 5.74) is 0.774. The zero-order chi connectivity index (χ0) is 14.3. The lowest BCUT2D eigenvalue weighted by molar-refractivity contribution is 0.0638. The van der Waals surface area contributed by atoms with Crippen LogP contribution < -0.4 is 4.74 Å². The largest absolute Gasteiger partial charge is 0.485 e. The molecule has 1 aliphatic rings. The third-order valence-corrected chi connectivity index (χ3v) is 3.84. The Morgan fingerprint density at radius 1 is 1.10 bits per heavy atom. The van der Waals surface area contributed by atoms with Crippen molar-refractivity contribution >= 4 is 15.9 Å². The number of rotatable bonds is 1. The number of aliphatic hydroxyl groups excluding tert-OH is 1. The summed E-state index contributed by atoms with van der Waals surface area (Å²) < 4.78 is 33.6. The predicted molar refractivity (Wildman–Crippen MR) is 73.4 cm³/mol. The molecule has 0 aromatic heterocycles. The van der Waals surface area contributed by atoms with Crippen molar-refractivity contribution in [2.24, 2.45) is 0 Å². The van der Waals surface area contributed by atoms with Crippen LogP contribution in [0.15, 0.2) is 40.9 Å². The summed E-state index contributed by atoms with van der Waals surface area (Å²) in [4.78, 5) is 0. The summed E-state index contributed by atoms with van der Waals surface area (Å²) in [6.07, 6.45) is -1.28. The van der Waals surface area contributed by atoms with Gasteiger partial charge in [-0.2, -0.15) is 0 Å². The lowest BCUT2D eigenvalue weighted by Crippen LogP contribution is -2.20. The fourth-order valence-corrected chi connectivity index (χ4v) is 2.71. The fourth-order valence-electron chi connectivity index (χ4n) is 2.37. The van der Waals surface area contributed by atoms with E-state index >= 15 is 0 Å². The minimum atomic E-state index is -0.764. The molecule has 0 aliphatic carbocycles. The van der Waals surface area contributed by atoms with Crippen molar-refractivity contribution in [1.82, 2.24) is 0 Å². The van der Waals surface area contributed by atoms with Crippen molar-refractivity contribution in [2.75, 3.05) is 0 Å². The van der Waals surface area contributed by atoms with E-state index in [1.165, 1.54) is 0 Å². The van der Waals surface area contributed by atoms with Gasteiger partial charge in [0.15, 0.2) is 0 Å². The van der Waals surface area contributed by atoms with E-state index in [0.29, 0.717) is 11.3 Å². The van der Waals surface area contributed by atoms with E-state index in [-0.39, 0.29) is 12.0 Å². The normalized spacial score (nSPS) is 21.2. The van der Waals surface area contributed by atoms with E-state index in [1.807, 2.05) is 0 Å². The van der Waals surface area contributed by atoms with Gasteiger partial charge >= 0.3 is 0 Å².